The van der Waals surface area contributed by atoms with E-state index in [-0.39, 0.29) is 25.9 Å². The van der Waals surface area contributed by atoms with Crippen molar-refractivity contribution in [1.29, 1.82) is 0 Å². The molecule has 0 aliphatic carbocycles. The highest BCUT2D eigenvalue weighted by Crippen LogP contribution is 2.36. The molecule has 0 radical (unpaired) electrons. The van der Waals surface area contributed by atoms with Crippen molar-refractivity contribution in [3.63, 3.8) is 0 Å². The number of esters is 1. The molecule has 1 saturated heterocycles. The van der Waals surface area contributed by atoms with Gasteiger partial charge < -0.3 is 35.6 Å². The van der Waals surface area contributed by atoms with Gasteiger partial charge in [0.1, 0.15) is 12.6 Å². The number of aliphatic hydroxyl groups excluding tert-OH is 3. The molecule has 0 bridgehead atoms. The van der Waals surface area contributed by atoms with Gasteiger partial charge in [-0.15, -0.1) is 0 Å². The Balaban J connectivity index is 1.93. The second-order valence-corrected chi connectivity index (χ2v) is 7.90. The largest absolute Gasteiger partial charge is 0.462 e. The Bertz CT molecular complexity index is 712. The summed E-state index contributed by atoms with van der Waals surface area (Å²) in [7, 11) is 0. The molecule has 6 N–H and O–H groups in total. The second-order valence-electron chi connectivity index (χ2n) is 7.90. The molecule has 30 heavy (non-hydrogen) atoms. The fraction of sp³-hybridized carbons (Fsp3) is 0.619. The Labute approximate surface area is 175 Å². The van der Waals surface area contributed by atoms with E-state index in [1.165, 1.54) is 6.92 Å². The summed E-state index contributed by atoms with van der Waals surface area (Å²) < 4.78 is 10.5. The summed E-state index contributed by atoms with van der Waals surface area (Å²) >= 11 is 0. The van der Waals surface area contributed by atoms with Crippen LogP contribution in [0.25, 0.3) is 0 Å². The van der Waals surface area contributed by atoms with Crippen LogP contribution in [-0.4, -0.2) is 75.0 Å². The molecule has 1 aromatic rings. The van der Waals surface area contributed by atoms with Crippen molar-refractivity contribution in [2.45, 2.75) is 69.4 Å². The number of aliphatic hydroxyl groups is 4. The van der Waals surface area contributed by atoms with Crippen LogP contribution >= 0.6 is 0 Å². The highest BCUT2D eigenvalue weighted by Gasteiger charge is 2.50. The van der Waals surface area contributed by atoms with Crippen molar-refractivity contribution in [3.05, 3.63) is 35.9 Å². The minimum absolute atomic E-state index is 0.177. The van der Waals surface area contributed by atoms with Crippen LogP contribution in [0.3, 0.4) is 0 Å². The van der Waals surface area contributed by atoms with Gasteiger partial charge >= 0.3 is 5.97 Å². The smallest absolute Gasteiger partial charge is 0.323 e. The van der Waals surface area contributed by atoms with E-state index in [1.807, 2.05) is 30.3 Å². The van der Waals surface area contributed by atoms with E-state index < -0.39 is 53.9 Å². The van der Waals surface area contributed by atoms with Crippen LogP contribution in [0, 0.1) is 5.92 Å². The molecular weight excluding hydrogens is 394 g/mol. The SMILES string of the molecule is CC(=O)C1(O)CC(O)C([C@@H](C)O)C(C[C@H](O)COC(=O)C(N)Cc2ccccc2)O1. The van der Waals surface area contributed by atoms with Crippen LogP contribution in [-0.2, 0) is 25.5 Å². The Morgan fingerprint density at radius 2 is 1.93 bits per heavy atom. The summed E-state index contributed by atoms with van der Waals surface area (Å²) in [5.74, 6) is -4.42. The van der Waals surface area contributed by atoms with Crippen molar-refractivity contribution in [2.75, 3.05) is 6.61 Å². The number of carbonyl (C=O) groups excluding carboxylic acids is 2. The summed E-state index contributed by atoms with van der Waals surface area (Å²) in [4.78, 5) is 23.8. The van der Waals surface area contributed by atoms with E-state index in [1.54, 1.807) is 0 Å². The lowest BCUT2D eigenvalue weighted by molar-refractivity contribution is -0.285. The Kier molecular flexibility index (Phi) is 8.48. The van der Waals surface area contributed by atoms with E-state index in [9.17, 15) is 30.0 Å². The number of hydrogen-bond acceptors (Lipinski definition) is 9. The van der Waals surface area contributed by atoms with Gasteiger partial charge in [-0.05, 0) is 18.9 Å². The lowest BCUT2D eigenvalue weighted by Crippen LogP contribution is -2.58. The normalized spacial score (nSPS) is 29.6. The highest BCUT2D eigenvalue weighted by molar-refractivity contribution is 5.83. The maximum Gasteiger partial charge on any atom is 0.323 e. The van der Waals surface area contributed by atoms with Crippen molar-refractivity contribution >= 4 is 11.8 Å². The zero-order valence-corrected chi connectivity index (χ0v) is 17.2. The molecule has 0 spiro atoms. The molecule has 1 aliphatic rings. The maximum absolute atomic E-state index is 12.1. The van der Waals surface area contributed by atoms with Crippen molar-refractivity contribution < 1.29 is 39.5 Å². The third-order valence-corrected chi connectivity index (χ3v) is 5.34. The lowest BCUT2D eigenvalue weighted by Gasteiger charge is -2.44. The topological polar surface area (TPSA) is 160 Å². The summed E-state index contributed by atoms with van der Waals surface area (Å²) in [5.41, 5.74) is 6.72. The van der Waals surface area contributed by atoms with E-state index in [0.717, 1.165) is 12.5 Å². The number of rotatable bonds is 9. The molecule has 168 valence electrons. The monoisotopic (exact) mass is 425 g/mol. The third-order valence-electron chi connectivity index (χ3n) is 5.34. The molecular formula is C21H31NO8. The first kappa shape index (κ1) is 24.4. The van der Waals surface area contributed by atoms with Gasteiger partial charge in [-0.3, -0.25) is 9.59 Å². The van der Waals surface area contributed by atoms with Crippen LogP contribution < -0.4 is 5.73 Å². The Hall–Kier alpha value is -1.88. The van der Waals surface area contributed by atoms with Gasteiger partial charge in [-0.25, -0.2) is 0 Å². The molecule has 9 nitrogen and oxygen atoms in total. The van der Waals surface area contributed by atoms with E-state index in [2.05, 4.69) is 0 Å². The Morgan fingerprint density at radius 1 is 1.30 bits per heavy atom. The number of ketones is 1. The molecule has 0 amide bonds. The zero-order chi connectivity index (χ0) is 22.5. The fourth-order valence-corrected chi connectivity index (χ4v) is 3.68. The molecule has 1 aliphatic heterocycles. The quantitative estimate of drug-likeness (QED) is 0.322. The lowest BCUT2D eigenvalue weighted by atomic mass is 9.81. The van der Waals surface area contributed by atoms with Gasteiger partial charge in [-0.1, -0.05) is 30.3 Å². The molecule has 0 saturated carbocycles. The number of carbonyl (C=O) groups is 2. The zero-order valence-electron chi connectivity index (χ0n) is 17.2. The molecule has 1 fully saturated rings. The summed E-state index contributed by atoms with van der Waals surface area (Å²) in [5, 5.41) is 40.9. The molecule has 0 aromatic heterocycles. The number of nitrogens with two attached hydrogens (primary N) is 1. The predicted molar refractivity (Wildman–Crippen MR) is 106 cm³/mol. The van der Waals surface area contributed by atoms with Crippen LogP contribution in [0.5, 0.6) is 0 Å². The average Bonchev–Trinajstić information content (AvgIpc) is 2.65. The third kappa shape index (κ3) is 6.31. The van der Waals surface area contributed by atoms with E-state index in [4.69, 9.17) is 15.2 Å². The predicted octanol–water partition coefficient (Wildman–Crippen LogP) is -0.725. The van der Waals surface area contributed by atoms with Crippen LogP contribution in [0.4, 0.5) is 0 Å². The molecule has 2 rings (SSSR count). The van der Waals surface area contributed by atoms with Crippen LogP contribution in [0.1, 0.15) is 32.3 Å². The van der Waals surface area contributed by atoms with Crippen LogP contribution in [0.15, 0.2) is 30.3 Å². The summed E-state index contributed by atoms with van der Waals surface area (Å²) in [6.07, 6.45) is -4.76. The minimum Gasteiger partial charge on any atom is -0.462 e. The van der Waals surface area contributed by atoms with Crippen molar-refractivity contribution in [2.24, 2.45) is 11.7 Å². The first-order valence-electron chi connectivity index (χ1n) is 9.95. The number of Topliss-reactive ketones (excluding diaryl/α,β-unsaturated/α-hetero) is 1. The molecule has 1 heterocycles. The number of benzene rings is 1. The molecule has 1 aromatic carbocycles. The van der Waals surface area contributed by atoms with Gasteiger partial charge in [-0.2, -0.15) is 0 Å². The van der Waals surface area contributed by atoms with Crippen molar-refractivity contribution in [1.82, 2.24) is 0 Å². The maximum atomic E-state index is 12.1. The van der Waals surface area contributed by atoms with Gasteiger partial charge in [0.15, 0.2) is 5.78 Å². The number of ether oxygens (including phenoxy) is 2. The fourth-order valence-electron chi connectivity index (χ4n) is 3.68. The van der Waals surface area contributed by atoms with Gasteiger partial charge in [0.05, 0.1) is 24.4 Å². The second kappa shape index (κ2) is 10.4. The average molecular weight is 425 g/mol. The summed E-state index contributed by atoms with van der Waals surface area (Å²) in [6.45, 7) is 2.18. The highest BCUT2D eigenvalue weighted by atomic mass is 16.6. The standard InChI is InChI=1S/C21H31NO8/c1-12(23)19-17(26)10-21(28,13(2)24)30-18(19)9-15(25)11-29-20(27)16(22)8-14-6-4-3-5-7-14/h3-7,12,15-19,23,25-26,28H,8-11,22H2,1-2H3/t12-,15+,16?,17?,18?,19?,21?/m1/s1. The van der Waals surface area contributed by atoms with E-state index in [0.29, 0.717) is 0 Å². The van der Waals surface area contributed by atoms with Crippen LogP contribution in [0.2, 0.25) is 0 Å². The first-order chi connectivity index (χ1) is 14.0. The molecule has 9 heteroatoms. The first-order valence-corrected chi connectivity index (χ1v) is 9.95. The van der Waals surface area contributed by atoms with Gasteiger partial charge in [0.2, 0.25) is 5.79 Å². The van der Waals surface area contributed by atoms with Crippen molar-refractivity contribution in [3.8, 4) is 0 Å². The summed E-state index contributed by atoms with van der Waals surface area (Å²) in [6, 6.07) is 8.27. The molecule has 5 unspecified atom stereocenters. The Morgan fingerprint density at radius 3 is 2.50 bits per heavy atom. The van der Waals surface area contributed by atoms with Gasteiger partial charge in [0, 0.05) is 25.7 Å². The molecule has 7 atom stereocenters. The number of hydrogen-bond donors (Lipinski definition) is 5. The van der Waals surface area contributed by atoms with Gasteiger partial charge in [0.25, 0.3) is 0 Å². The minimum atomic E-state index is -2.20. The van der Waals surface area contributed by atoms with E-state index >= 15 is 0 Å².